The number of benzene rings is 8. The molecule has 57 heavy (non-hydrogen) atoms. The van der Waals surface area contributed by atoms with Gasteiger partial charge in [0.15, 0.2) is 17.5 Å². The van der Waals surface area contributed by atoms with Crippen LogP contribution in [0.5, 0.6) is 0 Å². The van der Waals surface area contributed by atoms with Crippen LogP contribution in [0.3, 0.4) is 0 Å². The first kappa shape index (κ1) is 32.3. The Kier molecular flexibility index (Phi) is 7.24. The highest BCUT2D eigenvalue weighted by molar-refractivity contribution is 7.26. The van der Waals surface area contributed by atoms with E-state index in [0.717, 1.165) is 55.3 Å². The number of furan rings is 1. The molecule has 266 valence electrons. The summed E-state index contributed by atoms with van der Waals surface area (Å²) in [4.78, 5) is 14.9. The Morgan fingerprint density at radius 3 is 1.70 bits per heavy atom. The average molecular weight is 764 g/mol. The molecule has 0 fully saturated rings. The fraction of sp³-hybridized carbons (Fsp3) is 0. The zero-order chi connectivity index (χ0) is 37.5. The van der Waals surface area contributed by atoms with Crippen LogP contribution < -0.4 is 0 Å². The molecule has 4 heterocycles. The van der Waals surface area contributed by atoms with Gasteiger partial charge in [0.2, 0.25) is 0 Å². The van der Waals surface area contributed by atoms with Crippen LogP contribution in [0, 0.1) is 0 Å². The topological polar surface area (TPSA) is 51.8 Å². The van der Waals surface area contributed by atoms with E-state index in [-0.39, 0.29) is 0 Å². The molecule has 0 aliphatic heterocycles. The number of aromatic nitrogens is 3. The Bertz CT molecular complexity index is 3470. The second kappa shape index (κ2) is 12.8. The summed E-state index contributed by atoms with van der Waals surface area (Å²) in [5.74, 6) is 1.96. The van der Waals surface area contributed by atoms with Crippen LogP contribution in [0.2, 0.25) is 0 Å². The Balaban J connectivity index is 1.04. The second-order valence-electron chi connectivity index (χ2n) is 14.3. The summed E-state index contributed by atoms with van der Waals surface area (Å²) >= 11 is 3.65. The van der Waals surface area contributed by atoms with E-state index in [2.05, 4.69) is 109 Å². The van der Waals surface area contributed by atoms with Gasteiger partial charge in [-0.15, -0.1) is 22.7 Å². The maximum absolute atomic E-state index is 6.66. The predicted molar refractivity (Wildman–Crippen MR) is 240 cm³/mol. The molecule has 0 radical (unpaired) electrons. The maximum Gasteiger partial charge on any atom is 0.164 e. The minimum atomic E-state index is 0.653. The van der Waals surface area contributed by atoms with Crippen molar-refractivity contribution in [3.05, 3.63) is 176 Å². The van der Waals surface area contributed by atoms with Crippen molar-refractivity contribution in [2.75, 3.05) is 0 Å². The summed E-state index contributed by atoms with van der Waals surface area (Å²) in [6.07, 6.45) is 0. The normalized spacial score (nSPS) is 11.9. The second-order valence-corrected chi connectivity index (χ2v) is 16.5. The predicted octanol–water partition coefficient (Wildman–Crippen LogP) is 14.8. The number of hydrogen-bond donors (Lipinski definition) is 0. The Morgan fingerprint density at radius 2 is 0.912 bits per heavy atom. The van der Waals surface area contributed by atoms with Crippen molar-refractivity contribution in [1.82, 2.24) is 15.0 Å². The van der Waals surface area contributed by atoms with Crippen LogP contribution in [0.25, 0.3) is 119 Å². The molecule has 0 unspecified atom stereocenters. The van der Waals surface area contributed by atoms with Gasteiger partial charge in [0, 0.05) is 73.4 Å². The molecule has 0 N–H and O–H groups in total. The zero-order valence-corrected chi connectivity index (χ0v) is 31.9. The number of thiophene rings is 2. The van der Waals surface area contributed by atoms with Gasteiger partial charge in [0.25, 0.3) is 0 Å². The molecule has 4 nitrogen and oxygen atoms in total. The summed E-state index contributed by atoms with van der Waals surface area (Å²) in [5, 5.41) is 7.27. The quantitative estimate of drug-likeness (QED) is 0.175. The smallest absolute Gasteiger partial charge is 0.164 e. The lowest BCUT2D eigenvalue weighted by Gasteiger charge is -2.10. The zero-order valence-electron chi connectivity index (χ0n) is 30.3. The molecule has 0 aliphatic rings. The monoisotopic (exact) mass is 763 g/mol. The van der Waals surface area contributed by atoms with Crippen LogP contribution in [0.4, 0.5) is 0 Å². The first-order valence-corrected chi connectivity index (χ1v) is 20.6. The van der Waals surface area contributed by atoms with Gasteiger partial charge in [-0.25, -0.2) is 15.0 Å². The molecule has 0 aliphatic carbocycles. The van der Waals surface area contributed by atoms with Crippen LogP contribution in [-0.2, 0) is 0 Å². The maximum atomic E-state index is 6.66. The van der Waals surface area contributed by atoms with E-state index in [1.165, 1.54) is 45.9 Å². The van der Waals surface area contributed by atoms with Crippen molar-refractivity contribution in [3.63, 3.8) is 0 Å². The van der Waals surface area contributed by atoms with Crippen LogP contribution in [0.15, 0.2) is 180 Å². The number of nitrogens with zero attached hydrogens (tertiary/aromatic N) is 3. The van der Waals surface area contributed by atoms with E-state index in [4.69, 9.17) is 19.4 Å². The Morgan fingerprint density at radius 1 is 0.333 bits per heavy atom. The van der Waals surface area contributed by atoms with Gasteiger partial charge in [-0.05, 0) is 59.2 Å². The van der Waals surface area contributed by atoms with Crippen molar-refractivity contribution in [1.29, 1.82) is 0 Å². The largest absolute Gasteiger partial charge is 0.455 e. The third-order valence-corrected chi connectivity index (χ3v) is 13.2. The third-order valence-electron chi connectivity index (χ3n) is 10.9. The van der Waals surface area contributed by atoms with Crippen molar-refractivity contribution in [2.24, 2.45) is 0 Å². The van der Waals surface area contributed by atoms with Crippen LogP contribution >= 0.6 is 22.7 Å². The first-order chi connectivity index (χ1) is 28.2. The van der Waals surface area contributed by atoms with Gasteiger partial charge >= 0.3 is 0 Å². The third kappa shape index (κ3) is 5.30. The fourth-order valence-electron chi connectivity index (χ4n) is 8.23. The highest BCUT2D eigenvalue weighted by Crippen LogP contribution is 2.46. The van der Waals surface area contributed by atoms with E-state index in [1.54, 1.807) is 11.3 Å². The van der Waals surface area contributed by atoms with Gasteiger partial charge in [0.05, 0.1) is 0 Å². The summed E-state index contributed by atoms with van der Waals surface area (Å²) in [6.45, 7) is 0. The molecule has 8 aromatic carbocycles. The molecular formula is C51H29N3OS2. The molecular weight excluding hydrogens is 735 g/mol. The SMILES string of the molecule is c1ccc(-c2nc(-c3ccccc3)nc(-c3ccc4c(c3)sc3cccc(-c5cc(-c6ccc7c(c6)sc6ccccc67)c6oc7ccccc7c6c5)c34)n2)cc1. The fourth-order valence-corrected chi connectivity index (χ4v) is 10.6. The Labute approximate surface area is 335 Å². The highest BCUT2D eigenvalue weighted by Gasteiger charge is 2.20. The van der Waals surface area contributed by atoms with Gasteiger partial charge < -0.3 is 4.42 Å². The van der Waals surface area contributed by atoms with E-state index < -0.39 is 0 Å². The molecule has 12 rings (SSSR count). The lowest BCUT2D eigenvalue weighted by Crippen LogP contribution is -1.99. The summed E-state index contributed by atoms with van der Waals surface area (Å²) in [7, 11) is 0. The lowest BCUT2D eigenvalue weighted by molar-refractivity contribution is 0.670. The first-order valence-electron chi connectivity index (χ1n) is 18.9. The van der Waals surface area contributed by atoms with Crippen molar-refractivity contribution < 1.29 is 4.42 Å². The summed E-state index contributed by atoms with van der Waals surface area (Å²) < 4.78 is 11.7. The van der Waals surface area contributed by atoms with Gasteiger partial charge in [-0.1, -0.05) is 133 Å². The molecule has 4 aromatic heterocycles. The highest BCUT2D eigenvalue weighted by atomic mass is 32.1. The van der Waals surface area contributed by atoms with E-state index >= 15 is 0 Å². The molecule has 0 bridgehead atoms. The van der Waals surface area contributed by atoms with Crippen molar-refractivity contribution in [3.8, 4) is 56.4 Å². The van der Waals surface area contributed by atoms with Crippen LogP contribution in [0.1, 0.15) is 0 Å². The number of rotatable bonds is 5. The molecule has 0 spiro atoms. The minimum absolute atomic E-state index is 0.653. The van der Waals surface area contributed by atoms with Gasteiger partial charge in [-0.3, -0.25) is 0 Å². The lowest BCUT2D eigenvalue weighted by atomic mass is 9.93. The van der Waals surface area contributed by atoms with Gasteiger partial charge in [0.1, 0.15) is 11.2 Å². The molecule has 0 saturated carbocycles. The standard InChI is InChI=1S/C51H29N3OS2/c1-3-12-30(13-4-1)49-52-50(31-14-5-2-6-15-31)54-51(53-49)33-23-25-39-46(29-33)57-44-21-11-18-35(47(39)44)34-26-40(48-41(27-34)36-16-7-9-19-42(36)55-48)32-22-24-38-37-17-8-10-20-43(37)56-45(38)28-32/h1-29H. The molecule has 0 amide bonds. The number of hydrogen-bond acceptors (Lipinski definition) is 6. The summed E-state index contributed by atoms with van der Waals surface area (Å²) in [6, 6.07) is 62.1. The summed E-state index contributed by atoms with van der Waals surface area (Å²) in [5.41, 5.74) is 9.27. The molecule has 0 saturated heterocycles. The van der Waals surface area contributed by atoms with E-state index in [1.807, 2.05) is 78.1 Å². The minimum Gasteiger partial charge on any atom is -0.455 e. The average Bonchev–Trinajstić information content (AvgIpc) is 3.97. The van der Waals surface area contributed by atoms with E-state index in [0.29, 0.717) is 17.5 Å². The molecule has 12 aromatic rings. The Hall–Kier alpha value is -6.99. The molecule has 6 heteroatoms. The van der Waals surface area contributed by atoms with Crippen molar-refractivity contribution in [2.45, 2.75) is 0 Å². The molecule has 0 atom stereocenters. The van der Waals surface area contributed by atoms with E-state index in [9.17, 15) is 0 Å². The van der Waals surface area contributed by atoms with Gasteiger partial charge in [-0.2, -0.15) is 0 Å². The number of fused-ring (bicyclic) bond motifs is 9. The van der Waals surface area contributed by atoms with Crippen molar-refractivity contribution >= 4 is 85.0 Å². The van der Waals surface area contributed by atoms with Crippen LogP contribution in [-0.4, -0.2) is 15.0 Å². The number of para-hydroxylation sites is 1.